The fraction of sp³-hybridized carbons (Fsp3) is 0.0645. The van der Waals surface area contributed by atoms with Gasteiger partial charge in [0, 0.05) is 21.7 Å². The first-order valence-electron chi connectivity index (χ1n) is 11.9. The first-order chi connectivity index (χ1) is 18.5. The zero-order valence-corrected chi connectivity index (χ0v) is 21.5. The number of amides is 2. The Morgan fingerprint density at radius 1 is 0.789 bits per heavy atom. The molecule has 2 amide bonds. The topological polar surface area (TPSA) is 84.5 Å². The minimum atomic E-state index is -0.479. The summed E-state index contributed by atoms with van der Waals surface area (Å²) in [6, 6.07) is 32.2. The van der Waals surface area contributed by atoms with Gasteiger partial charge in [-0.1, -0.05) is 66.7 Å². The Morgan fingerprint density at radius 2 is 1.45 bits per heavy atom. The third kappa shape index (κ3) is 7.44. The van der Waals surface area contributed by atoms with Gasteiger partial charge in [0.15, 0.2) is 5.78 Å². The van der Waals surface area contributed by atoms with Crippen LogP contribution < -0.4 is 15.4 Å². The maximum absolute atomic E-state index is 13.3. The molecule has 6 nitrogen and oxygen atoms in total. The molecule has 0 unspecified atom stereocenters. The smallest absolute Gasteiger partial charge is 0.272 e. The zero-order chi connectivity index (χ0) is 26.7. The molecule has 0 atom stereocenters. The molecule has 0 aliphatic carbocycles. The van der Waals surface area contributed by atoms with Crippen LogP contribution in [0, 0.1) is 0 Å². The SMILES string of the molecule is COc1ccc(/C=C(\NC(=O)c2ccccc2)C(=O)Nc2cccc(SCC(=O)c3ccccc3)c2)cc1. The number of thioether (sulfide) groups is 1. The molecule has 0 saturated heterocycles. The molecule has 0 fully saturated rings. The summed E-state index contributed by atoms with van der Waals surface area (Å²) in [4.78, 5) is 39.4. The summed E-state index contributed by atoms with van der Waals surface area (Å²) in [6.07, 6.45) is 1.60. The third-order valence-electron chi connectivity index (χ3n) is 5.51. The molecule has 4 aromatic rings. The summed E-state index contributed by atoms with van der Waals surface area (Å²) >= 11 is 1.39. The van der Waals surface area contributed by atoms with E-state index < -0.39 is 11.8 Å². The minimum Gasteiger partial charge on any atom is -0.497 e. The molecule has 0 aromatic heterocycles. The van der Waals surface area contributed by atoms with E-state index in [0.29, 0.717) is 28.1 Å². The van der Waals surface area contributed by atoms with Crippen LogP contribution in [0.5, 0.6) is 5.75 Å². The molecule has 4 aromatic carbocycles. The Hall–Kier alpha value is -4.62. The van der Waals surface area contributed by atoms with E-state index in [1.54, 1.807) is 92.0 Å². The van der Waals surface area contributed by atoms with Crippen LogP contribution >= 0.6 is 11.8 Å². The molecular formula is C31H26N2O4S. The van der Waals surface area contributed by atoms with Crippen molar-refractivity contribution in [3.8, 4) is 5.75 Å². The van der Waals surface area contributed by atoms with Crippen LogP contribution in [0.4, 0.5) is 5.69 Å². The Bertz CT molecular complexity index is 1440. The van der Waals surface area contributed by atoms with Gasteiger partial charge in [0.05, 0.1) is 12.9 Å². The van der Waals surface area contributed by atoms with Crippen molar-refractivity contribution >= 4 is 41.1 Å². The summed E-state index contributed by atoms with van der Waals surface area (Å²) in [7, 11) is 1.58. The second-order valence-electron chi connectivity index (χ2n) is 8.21. The van der Waals surface area contributed by atoms with E-state index in [1.807, 2.05) is 30.3 Å². The number of hydrogen-bond acceptors (Lipinski definition) is 5. The lowest BCUT2D eigenvalue weighted by Gasteiger charge is -2.12. The lowest BCUT2D eigenvalue weighted by molar-refractivity contribution is -0.113. The normalized spacial score (nSPS) is 10.9. The van der Waals surface area contributed by atoms with Crippen molar-refractivity contribution in [3.63, 3.8) is 0 Å². The van der Waals surface area contributed by atoms with Gasteiger partial charge in [-0.3, -0.25) is 14.4 Å². The highest BCUT2D eigenvalue weighted by Gasteiger charge is 2.15. The lowest BCUT2D eigenvalue weighted by Crippen LogP contribution is -2.30. The van der Waals surface area contributed by atoms with Crippen molar-refractivity contribution in [1.29, 1.82) is 0 Å². The van der Waals surface area contributed by atoms with Crippen LogP contribution in [0.3, 0.4) is 0 Å². The number of anilines is 1. The molecule has 4 rings (SSSR count). The van der Waals surface area contributed by atoms with Crippen LogP contribution in [0.15, 0.2) is 120 Å². The first kappa shape index (κ1) is 26.4. The summed E-state index contributed by atoms with van der Waals surface area (Å²) in [5.41, 5.74) is 2.44. The van der Waals surface area contributed by atoms with Crippen molar-refractivity contribution in [2.75, 3.05) is 18.2 Å². The maximum atomic E-state index is 13.3. The number of hydrogen-bond donors (Lipinski definition) is 2. The Balaban J connectivity index is 1.49. The monoisotopic (exact) mass is 522 g/mol. The Labute approximate surface area is 225 Å². The van der Waals surface area contributed by atoms with Crippen molar-refractivity contribution in [1.82, 2.24) is 5.32 Å². The molecule has 0 heterocycles. The number of nitrogens with one attached hydrogen (secondary N) is 2. The van der Waals surface area contributed by atoms with E-state index in [9.17, 15) is 14.4 Å². The number of Topliss-reactive ketones (excluding diaryl/α,β-unsaturated/α-hetero) is 1. The molecule has 0 aliphatic rings. The molecule has 0 saturated carbocycles. The van der Waals surface area contributed by atoms with Gasteiger partial charge in [0.25, 0.3) is 11.8 Å². The zero-order valence-electron chi connectivity index (χ0n) is 20.7. The number of methoxy groups -OCH3 is 1. The van der Waals surface area contributed by atoms with Crippen molar-refractivity contribution < 1.29 is 19.1 Å². The largest absolute Gasteiger partial charge is 0.497 e. The van der Waals surface area contributed by atoms with Crippen LogP contribution in [-0.4, -0.2) is 30.5 Å². The average Bonchev–Trinajstić information content (AvgIpc) is 2.97. The van der Waals surface area contributed by atoms with Gasteiger partial charge in [0.2, 0.25) is 0 Å². The number of ether oxygens (including phenoxy) is 1. The number of benzene rings is 4. The van der Waals surface area contributed by atoms with Gasteiger partial charge >= 0.3 is 0 Å². The first-order valence-corrected chi connectivity index (χ1v) is 12.8. The second kappa shape index (κ2) is 13.1. The Morgan fingerprint density at radius 3 is 2.11 bits per heavy atom. The van der Waals surface area contributed by atoms with E-state index in [1.165, 1.54) is 11.8 Å². The van der Waals surface area contributed by atoms with Crippen LogP contribution in [-0.2, 0) is 4.79 Å². The molecule has 0 radical (unpaired) electrons. The van der Waals surface area contributed by atoms with Crippen molar-refractivity contribution in [2.24, 2.45) is 0 Å². The second-order valence-corrected chi connectivity index (χ2v) is 9.26. The highest BCUT2D eigenvalue weighted by atomic mass is 32.2. The summed E-state index contributed by atoms with van der Waals surface area (Å²) in [5.74, 6) is 0.105. The van der Waals surface area contributed by atoms with Crippen LogP contribution in [0.1, 0.15) is 26.3 Å². The standard InChI is InChI=1S/C31H26N2O4S/c1-37-26-17-15-22(16-18-26)19-28(33-30(35)24-11-6-3-7-12-24)31(36)32-25-13-8-14-27(20-25)38-21-29(34)23-9-4-2-5-10-23/h2-20H,21H2,1H3,(H,32,36)(H,33,35)/b28-19-. The number of carbonyl (C=O) groups excluding carboxylic acids is 3. The van der Waals surface area contributed by atoms with E-state index >= 15 is 0 Å². The maximum Gasteiger partial charge on any atom is 0.272 e. The molecule has 38 heavy (non-hydrogen) atoms. The number of carbonyl (C=O) groups is 3. The quantitative estimate of drug-likeness (QED) is 0.150. The minimum absolute atomic E-state index is 0.0263. The molecule has 2 N–H and O–H groups in total. The molecule has 7 heteroatoms. The molecule has 190 valence electrons. The summed E-state index contributed by atoms with van der Waals surface area (Å²) in [5, 5.41) is 5.59. The fourth-order valence-corrected chi connectivity index (χ4v) is 4.38. The van der Waals surface area contributed by atoms with E-state index in [-0.39, 0.29) is 17.2 Å². The van der Waals surface area contributed by atoms with Crippen LogP contribution in [0.2, 0.25) is 0 Å². The summed E-state index contributed by atoms with van der Waals surface area (Å²) < 4.78 is 5.20. The average molecular weight is 523 g/mol. The van der Waals surface area contributed by atoms with Gasteiger partial charge in [0.1, 0.15) is 11.4 Å². The van der Waals surface area contributed by atoms with Gasteiger partial charge in [-0.15, -0.1) is 11.8 Å². The molecular weight excluding hydrogens is 496 g/mol. The Kier molecular flexibility index (Phi) is 9.10. The van der Waals surface area contributed by atoms with Gasteiger partial charge in [-0.2, -0.15) is 0 Å². The molecule has 0 bridgehead atoms. The number of ketones is 1. The fourth-order valence-electron chi connectivity index (χ4n) is 3.53. The highest BCUT2D eigenvalue weighted by Crippen LogP contribution is 2.23. The van der Waals surface area contributed by atoms with Gasteiger partial charge in [-0.25, -0.2) is 0 Å². The van der Waals surface area contributed by atoms with Crippen molar-refractivity contribution in [3.05, 3.63) is 132 Å². The molecule has 0 aliphatic heterocycles. The van der Waals surface area contributed by atoms with Gasteiger partial charge < -0.3 is 15.4 Å². The lowest BCUT2D eigenvalue weighted by atomic mass is 10.1. The number of rotatable bonds is 10. The van der Waals surface area contributed by atoms with E-state index in [2.05, 4.69) is 10.6 Å². The van der Waals surface area contributed by atoms with E-state index in [4.69, 9.17) is 4.74 Å². The van der Waals surface area contributed by atoms with Gasteiger partial charge in [-0.05, 0) is 54.1 Å². The van der Waals surface area contributed by atoms with Crippen LogP contribution in [0.25, 0.3) is 6.08 Å². The van der Waals surface area contributed by atoms with Crippen molar-refractivity contribution in [2.45, 2.75) is 4.90 Å². The predicted molar refractivity (Wildman–Crippen MR) is 151 cm³/mol. The predicted octanol–water partition coefficient (Wildman–Crippen LogP) is 6.08. The third-order valence-corrected chi connectivity index (χ3v) is 6.51. The summed E-state index contributed by atoms with van der Waals surface area (Å²) in [6.45, 7) is 0. The van der Waals surface area contributed by atoms with E-state index in [0.717, 1.165) is 4.90 Å². The molecule has 0 spiro atoms. The highest BCUT2D eigenvalue weighted by molar-refractivity contribution is 8.00.